The van der Waals surface area contributed by atoms with E-state index in [0.29, 0.717) is 16.2 Å². The van der Waals surface area contributed by atoms with Gasteiger partial charge in [-0.2, -0.15) is 0 Å². The van der Waals surface area contributed by atoms with Crippen molar-refractivity contribution in [2.24, 2.45) is 0 Å². The van der Waals surface area contributed by atoms with E-state index in [9.17, 15) is 18.4 Å². The lowest BCUT2D eigenvalue weighted by molar-refractivity contribution is -0.120. The maximum atomic E-state index is 14.5. The third-order valence-electron chi connectivity index (χ3n) is 5.66. The Kier molecular flexibility index (Phi) is 5.38. The molecule has 3 aromatic carbocycles. The molecule has 0 atom stereocenters. The predicted molar refractivity (Wildman–Crippen MR) is 121 cm³/mol. The molecule has 0 bridgehead atoms. The highest BCUT2D eigenvalue weighted by molar-refractivity contribution is 6.46. The van der Waals surface area contributed by atoms with Gasteiger partial charge in [0.05, 0.1) is 11.3 Å². The van der Waals surface area contributed by atoms with Crippen LogP contribution in [-0.2, 0) is 9.59 Å². The number of imide groups is 1. The number of rotatable bonds is 4. The van der Waals surface area contributed by atoms with Gasteiger partial charge in [-0.05, 0) is 74.2 Å². The fourth-order valence-electron chi connectivity index (χ4n) is 3.83. The van der Waals surface area contributed by atoms with Crippen LogP contribution in [0.25, 0.3) is 5.57 Å². The van der Waals surface area contributed by atoms with E-state index in [1.54, 1.807) is 12.1 Å². The Hall–Kier alpha value is -3.80. The number of anilines is 2. The van der Waals surface area contributed by atoms with Crippen LogP contribution in [-0.4, -0.2) is 11.8 Å². The maximum absolute atomic E-state index is 14.5. The second kappa shape index (κ2) is 8.04. The van der Waals surface area contributed by atoms with Crippen molar-refractivity contribution in [2.45, 2.75) is 27.7 Å². The molecule has 3 aromatic rings. The normalized spacial score (nSPS) is 13.9. The Bertz CT molecular complexity index is 1310. The highest BCUT2D eigenvalue weighted by Gasteiger charge is 2.42. The van der Waals surface area contributed by atoms with E-state index in [4.69, 9.17) is 0 Å². The summed E-state index contributed by atoms with van der Waals surface area (Å²) in [6, 6.07) is 13.8. The average molecular weight is 432 g/mol. The standard InChI is InChI=1S/C26H22F2N2O2/c1-14-5-9-20(17(4)11-14)23-24(29-19-8-6-15(2)16(3)12-19)26(32)30(25(23)31)22-13-18(27)7-10-21(22)28/h5-13,29H,1-4H3. The molecule has 0 saturated carbocycles. The predicted octanol–water partition coefficient (Wildman–Crippen LogP) is 5.60. The molecule has 0 aliphatic carbocycles. The molecule has 1 N–H and O–H groups in total. The summed E-state index contributed by atoms with van der Waals surface area (Å²) in [5.41, 5.74) is 4.78. The molecule has 32 heavy (non-hydrogen) atoms. The van der Waals surface area contributed by atoms with E-state index >= 15 is 0 Å². The first kappa shape index (κ1) is 21.4. The summed E-state index contributed by atoms with van der Waals surface area (Å²) in [7, 11) is 0. The van der Waals surface area contributed by atoms with Crippen LogP contribution in [0.2, 0.25) is 0 Å². The smallest absolute Gasteiger partial charge is 0.282 e. The van der Waals surface area contributed by atoms with Crippen LogP contribution in [0, 0.1) is 39.3 Å². The van der Waals surface area contributed by atoms with Crippen molar-refractivity contribution in [1.29, 1.82) is 0 Å². The van der Waals surface area contributed by atoms with Gasteiger partial charge in [-0.3, -0.25) is 9.59 Å². The monoisotopic (exact) mass is 432 g/mol. The zero-order valence-corrected chi connectivity index (χ0v) is 18.2. The molecule has 4 nitrogen and oxygen atoms in total. The molecule has 0 saturated heterocycles. The van der Waals surface area contributed by atoms with E-state index in [2.05, 4.69) is 5.32 Å². The van der Waals surface area contributed by atoms with Crippen LogP contribution in [0.4, 0.5) is 20.2 Å². The third kappa shape index (κ3) is 3.68. The Labute approximate surface area is 185 Å². The number of hydrogen-bond acceptors (Lipinski definition) is 3. The summed E-state index contributed by atoms with van der Waals surface area (Å²) < 4.78 is 28.4. The number of aryl methyl sites for hydroxylation is 4. The Morgan fingerprint density at radius 1 is 0.750 bits per heavy atom. The zero-order valence-electron chi connectivity index (χ0n) is 18.2. The Morgan fingerprint density at radius 2 is 1.50 bits per heavy atom. The van der Waals surface area contributed by atoms with Crippen molar-refractivity contribution in [3.63, 3.8) is 0 Å². The molecule has 162 valence electrons. The van der Waals surface area contributed by atoms with Gasteiger partial charge in [0.25, 0.3) is 11.8 Å². The molecule has 0 aromatic heterocycles. The molecule has 6 heteroatoms. The summed E-state index contributed by atoms with van der Waals surface area (Å²) in [5, 5.41) is 3.06. The first-order chi connectivity index (χ1) is 15.2. The molecule has 0 fully saturated rings. The Morgan fingerprint density at radius 3 is 2.19 bits per heavy atom. The molecule has 1 heterocycles. The fourth-order valence-corrected chi connectivity index (χ4v) is 3.83. The van der Waals surface area contributed by atoms with Gasteiger partial charge < -0.3 is 5.32 Å². The van der Waals surface area contributed by atoms with Crippen molar-refractivity contribution >= 4 is 28.8 Å². The van der Waals surface area contributed by atoms with Crippen LogP contribution >= 0.6 is 0 Å². The van der Waals surface area contributed by atoms with Gasteiger partial charge in [0, 0.05) is 11.8 Å². The zero-order chi connectivity index (χ0) is 23.2. The van der Waals surface area contributed by atoms with Crippen molar-refractivity contribution in [2.75, 3.05) is 10.2 Å². The fraction of sp³-hybridized carbons (Fsp3) is 0.154. The van der Waals surface area contributed by atoms with Crippen LogP contribution in [0.1, 0.15) is 27.8 Å². The van der Waals surface area contributed by atoms with Crippen molar-refractivity contribution in [1.82, 2.24) is 0 Å². The number of nitrogens with zero attached hydrogens (tertiary/aromatic N) is 1. The number of amides is 2. The van der Waals surface area contributed by atoms with Crippen LogP contribution in [0.5, 0.6) is 0 Å². The molecule has 4 rings (SSSR count). The molecule has 1 aliphatic rings. The van der Waals surface area contributed by atoms with Crippen molar-refractivity contribution in [3.8, 4) is 0 Å². The number of nitrogens with one attached hydrogen (secondary N) is 1. The van der Waals surface area contributed by atoms with Crippen LogP contribution in [0.3, 0.4) is 0 Å². The first-order valence-corrected chi connectivity index (χ1v) is 10.2. The minimum absolute atomic E-state index is 0.0221. The quantitative estimate of drug-likeness (QED) is 0.547. The third-order valence-corrected chi connectivity index (χ3v) is 5.66. The molecule has 0 radical (unpaired) electrons. The van der Waals surface area contributed by atoms with Gasteiger partial charge in [0.15, 0.2) is 0 Å². The highest BCUT2D eigenvalue weighted by Crippen LogP contribution is 2.36. The molecular formula is C26H22F2N2O2. The minimum Gasteiger partial charge on any atom is -0.350 e. The lowest BCUT2D eigenvalue weighted by Crippen LogP contribution is -2.33. The highest BCUT2D eigenvalue weighted by atomic mass is 19.1. The van der Waals surface area contributed by atoms with Crippen molar-refractivity contribution < 1.29 is 18.4 Å². The molecule has 0 unspecified atom stereocenters. The lowest BCUT2D eigenvalue weighted by Gasteiger charge is -2.16. The van der Waals surface area contributed by atoms with E-state index in [0.717, 1.165) is 40.5 Å². The van der Waals surface area contributed by atoms with Gasteiger partial charge in [-0.1, -0.05) is 29.8 Å². The van der Waals surface area contributed by atoms with Crippen LogP contribution in [0.15, 0.2) is 60.3 Å². The molecule has 1 aliphatic heterocycles. The van der Waals surface area contributed by atoms with E-state index in [1.807, 2.05) is 52.0 Å². The summed E-state index contributed by atoms with van der Waals surface area (Å²) in [5.74, 6) is -3.06. The van der Waals surface area contributed by atoms with Crippen LogP contribution < -0.4 is 10.2 Å². The summed E-state index contributed by atoms with van der Waals surface area (Å²) in [6.45, 7) is 7.68. The minimum atomic E-state index is -0.861. The Balaban J connectivity index is 1.89. The largest absolute Gasteiger partial charge is 0.350 e. The maximum Gasteiger partial charge on any atom is 0.282 e. The SMILES string of the molecule is Cc1ccc(C2=C(Nc3ccc(C)c(C)c3)C(=O)N(c3cc(F)ccc3F)C2=O)c(C)c1. The summed E-state index contributed by atoms with van der Waals surface area (Å²) >= 11 is 0. The second-order valence-electron chi connectivity index (χ2n) is 8.03. The van der Waals surface area contributed by atoms with Gasteiger partial charge in [0.1, 0.15) is 17.3 Å². The van der Waals surface area contributed by atoms with E-state index in [1.165, 1.54) is 0 Å². The molecule has 2 amide bonds. The first-order valence-electron chi connectivity index (χ1n) is 10.2. The molecule has 0 spiro atoms. The average Bonchev–Trinajstić information content (AvgIpc) is 2.96. The number of carbonyl (C=O) groups excluding carboxylic acids is 2. The molecular weight excluding hydrogens is 410 g/mol. The summed E-state index contributed by atoms with van der Waals surface area (Å²) in [4.78, 5) is 27.5. The van der Waals surface area contributed by atoms with Crippen molar-refractivity contribution in [3.05, 3.63) is 99.7 Å². The number of benzene rings is 3. The van der Waals surface area contributed by atoms with Gasteiger partial charge in [-0.15, -0.1) is 0 Å². The van der Waals surface area contributed by atoms with Gasteiger partial charge in [0.2, 0.25) is 0 Å². The summed E-state index contributed by atoms with van der Waals surface area (Å²) in [6.07, 6.45) is 0. The topological polar surface area (TPSA) is 49.4 Å². The second-order valence-corrected chi connectivity index (χ2v) is 8.03. The number of hydrogen-bond donors (Lipinski definition) is 1. The van der Waals surface area contributed by atoms with E-state index < -0.39 is 29.1 Å². The van der Waals surface area contributed by atoms with Gasteiger partial charge >= 0.3 is 0 Å². The van der Waals surface area contributed by atoms with E-state index in [-0.39, 0.29) is 11.3 Å². The lowest BCUT2D eigenvalue weighted by atomic mass is 9.97. The number of halogens is 2. The van der Waals surface area contributed by atoms with Gasteiger partial charge in [-0.25, -0.2) is 13.7 Å². The number of carbonyl (C=O) groups is 2.